The molecule has 1 unspecified atom stereocenters. The summed E-state index contributed by atoms with van der Waals surface area (Å²) < 4.78 is 6.17. The van der Waals surface area contributed by atoms with Crippen LogP contribution < -0.4 is 16.3 Å². The smallest absolute Gasteiger partial charge is 0.346 e. The molecule has 1 aliphatic heterocycles. The number of ether oxygens (including phenoxy) is 1. The number of esters is 1. The summed E-state index contributed by atoms with van der Waals surface area (Å²) in [6, 6.07) is 8.99. The number of fused-ring (bicyclic) bond motifs is 1. The molecule has 148 valence electrons. The standard InChI is InChI=1S/C21H15N5O3S/c1-29-21(28)19-17-14(8-12-4-2-6-24-10-12)16(23)15(9-22)26(17)20(27)18(30-19)13-5-3-7-25-11-13/h2-8,10-11,18H,23H2,1H3/b14-8+. The number of pyridine rings is 2. The molecule has 0 spiro atoms. The van der Waals surface area contributed by atoms with Crippen molar-refractivity contribution < 1.29 is 14.3 Å². The number of nitriles is 1. The molecule has 1 aliphatic rings. The fourth-order valence-electron chi connectivity index (χ4n) is 3.26. The van der Waals surface area contributed by atoms with E-state index in [-0.39, 0.29) is 27.5 Å². The van der Waals surface area contributed by atoms with Crippen LogP contribution in [0.2, 0.25) is 0 Å². The number of methoxy groups -OCH3 is 1. The van der Waals surface area contributed by atoms with Gasteiger partial charge < -0.3 is 10.5 Å². The Morgan fingerprint density at radius 3 is 2.63 bits per heavy atom. The lowest BCUT2D eigenvalue weighted by Gasteiger charge is -2.22. The normalized spacial score (nSPS) is 16.1. The Balaban J connectivity index is 2.09. The summed E-state index contributed by atoms with van der Waals surface area (Å²) in [7, 11) is 1.26. The molecule has 0 amide bonds. The number of carbonyl (C=O) groups excluding carboxylic acids is 2. The zero-order valence-electron chi connectivity index (χ0n) is 15.8. The van der Waals surface area contributed by atoms with E-state index in [0.717, 1.165) is 11.8 Å². The second-order valence-electron chi connectivity index (χ2n) is 6.35. The predicted octanol–water partition coefficient (Wildman–Crippen LogP) is 0.970. The highest BCUT2D eigenvalue weighted by molar-refractivity contribution is 8.10. The Kier molecular flexibility index (Phi) is 5.08. The number of nitrogen functional groups attached to an aromatic ring is 1. The van der Waals surface area contributed by atoms with Gasteiger partial charge in [0.25, 0.3) is 0 Å². The van der Waals surface area contributed by atoms with Crippen LogP contribution in [0.3, 0.4) is 0 Å². The predicted molar refractivity (Wildman–Crippen MR) is 111 cm³/mol. The van der Waals surface area contributed by atoms with E-state index in [1.807, 2.05) is 6.07 Å². The average molecular weight is 417 g/mol. The molecule has 8 nitrogen and oxygen atoms in total. The summed E-state index contributed by atoms with van der Waals surface area (Å²) in [5.74, 6) is -1.00. The van der Waals surface area contributed by atoms with Gasteiger partial charge in [0.2, 0.25) is 5.91 Å². The summed E-state index contributed by atoms with van der Waals surface area (Å²) in [5, 5.41) is 9.60. The maximum Gasteiger partial charge on any atom is 0.346 e. The van der Waals surface area contributed by atoms with Gasteiger partial charge in [0.05, 0.1) is 18.1 Å². The molecular weight excluding hydrogens is 402 g/mol. The molecule has 0 bridgehead atoms. The molecule has 1 atom stereocenters. The zero-order valence-corrected chi connectivity index (χ0v) is 16.6. The number of carbonyl (C=O) groups is 2. The van der Waals surface area contributed by atoms with Gasteiger partial charge in [-0.3, -0.25) is 19.3 Å². The maximum atomic E-state index is 13.4. The highest BCUT2D eigenvalue weighted by Crippen LogP contribution is 2.39. The largest absolute Gasteiger partial charge is 0.465 e. The molecule has 0 aromatic carbocycles. The molecule has 0 radical (unpaired) electrons. The van der Waals surface area contributed by atoms with E-state index in [9.17, 15) is 14.9 Å². The van der Waals surface area contributed by atoms with Gasteiger partial charge in [-0.25, -0.2) is 4.79 Å². The average Bonchev–Trinajstić information content (AvgIpc) is 3.07. The van der Waals surface area contributed by atoms with Crippen LogP contribution >= 0.6 is 11.8 Å². The van der Waals surface area contributed by atoms with Crippen molar-refractivity contribution in [2.45, 2.75) is 5.25 Å². The van der Waals surface area contributed by atoms with Gasteiger partial charge in [0.15, 0.2) is 5.69 Å². The van der Waals surface area contributed by atoms with Crippen LogP contribution in [-0.4, -0.2) is 33.5 Å². The molecule has 4 rings (SSSR count). The lowest BCUT2D eigenvalue weighted by Crippen LogP contribution is -2.42. The third-order valence-electron chi connectivity index (χ3n) is 4.60. The Hall–Kier alpha value is -3.90. The van der Waals surface area contributed by atoms with Crippen molar-refractivity contribution in [3.8, 4) is 6.07 Å². The minimum atomic E-state index is -0.773. The lowest BCUT2D eigenvalue weighted by atomic mass is 10.2. The quantitative estimate of drug-likeness (QED) is 0.625. The third-order valence-corrected chi connectivity index (χ3v) is 5.91. The van der Waals surface area contributed by atoms with Crippen LogP contribution in [0, 0.1) is 11.3 Å². The molecule has 3 aromatic heterocycles. The summed E-state index contributed by atoms with van der Waals surface area (Å²) in [5.41, 5.74) is 7.65. The summed E-state index contributed by atoms with van der Waals surface area (Å²) in [4.78, 5) is 34.4. The minimum Gasteiger partial charge on any atom is -0.465 e. The van der Waals surface area contributed by atoms with E-state index < -0.39 is 11.2 Å². The first-order valence-corrected chi connectivity index (χ1v) is 9.70. The SMILES string of the molecule is COC(=O)C1=c2/c(=C/c3cccnc3)c(N)c(C#N)n2C(=O)C(c2cccnc2)S1. The van der Waals surface area contributed by atoms with Crippen LogP contribution in [-0.2, 0) is 9.53 Å². The Bertz CT molecular complexity index is 1310. The van der Waals surface area contributed by atoms with Crippen LogP contribution in [0.1, 0.15) is 26.9 Å². The number of nitrogens with zero attached hydrogens (tertiary/aromatic N) is 4. The monoisotopic (exact) mass is 417 g/mol. The van der Waals surface area contributed by atoms with E-state index in [1.165, 1.54) is 11.7 Å². The number of rotatable bonds is 3. The number of hydrogen-bond acceptors (Lipinski definition) is 8. The second-order valence-corrected chi connectivity index (χ2v) is 7.46. The molecule has 4 heterocycles. The van der Waals surface area contributed by atoms with Gasteiger partial charge in [0, 0.05) is 30.0 Å². The van der Waals surface area contributed by atoms with Crippen LogP contribution in [0.15, 0.2) is 49.1 Å². The van der Waals surface area contributed by atoms with E-state index in [4.69, 9.17) is 10.5 Å². The highest BCUT2D eigenvalue weighted by atomic mass is 32.2. The number of aromatic nitrogens is 3. The third kappa shape index (κ3) is 3.13. The van der Waals surface area contributed by atoms with E-state index in [1.54, 1.807) is 55.1 Å². The van der Waals surface area contributed by atoms with Crippen molar-refractivity contribution >= 4 is 40.3 Å². The van der Waals surface area contributed by atoms with Crippen molar-refractivity contribution in [2.75, 3.05) is 12.8 Å². The van der Waals surface area contributed by atoms with Crippen LogP contribution in [0.5, 0.6) is 0 Å². The number of thioether (sulfide) groups is 1. The summed E-state index contributed by atoms with van der Waals surface area (Å²) >= 11 is 1.06. The molecule has 0 aliphatic carbocycles. The van der Waals surface area contributed by atoms with Crippen molar-refractivity contribution in [3.63, 3.8) is 0 Å². The maximum absolute atomic E-state index is 13.4. The van der Waals surface area contributed by atoms with Crippen molar-refractivity contribution in [3.05, 3.63) is 76.4 Å². The van der Waals surface area contributed by atoms with Crippen molar-refractivity contribution in [1.29, 1.82) is 5.26 Å². The number of anilines is 1. The van der Waals surface area contributed by atoms with Crippen LogP contribution in [0.25, 0.3) is 11.0 Å². The van der Waals surface area contributed by atoms with Crippen molar-refractivity contribution in [2.24, 2.45) is 0 Å². The van der Waals surface area contributed by atoms with Gasteiger partial charge in [-0.1, -0.05) is 23.9 Å². The van der Waals surface area contributed by atoms with E-state index in [0.29, 0.717) is 16.3 Å². The first-order valence-electron chi connectivity index (χ1n) is 8.82. The van der Waals surface area contributed by atoms with Gasteiger partial charge in [-0.05, 0) is 29.3 Å². The first-order chi connectivity index (χ1) is 14.6. The second kappa shape index (κ2) is 7.85. The molecule has 3 aromatic rings. The number of hydrogen-bond donors (Lipinski definition) is 1. The lowest BCUT2D eigenvalue weighted by molar-refractivity contribution is -0.133. The fraction of sp³-hybridized carbons (Fsp3) is 0.0952. The Labute approximate surface area is 175 Å². The molecule has 0 fully saturated rings. The van der Waals surface area contributed by atoms with Crippen molar-refractivity contribution in [1.82, 2.24) is 14.5 Å². The van der Waals surface area contributed by atoms with Crippen LogP contribution in [0.4, 0.5) is 5.69 Å². The van der Waals surface area contributed by atoms with Gasteiger partial charge in [0.1, 0.15) is 16.2 Å². The summed E-state index contributed by atoms with van der Waals surface area (Å²) in [6.45, 7) is 0. The molecule has 30 heavy (non-hydrogen) atoms. The minimum absolute atomic E-state index is 0.0271. The Morgan fingerprint density at radius 2 is 2.03 bits per heavy atom. The highest BCUT2D eigenvalue weighted by Gasteiger charge is 2.36. The van der Waals surface area contributed by atoms with E-state index in [2.05, 4.69) is 9.97 Å². The van der Waals surface area contributed by atoms with E-state index >= 15 is 0 Å². The molecule has 0 saturated carbocycles. The van der Waals surface area contributed by atoms with Gasteiger partial charge >= 0.3 is 5.97 Å². The van der Waals surface area contributed by atoms with Gasteiger partial charge in [-0.2, -0.15) is 5.26 Å². The first kappa shape index (κ1) is 19.4. The number of nitrogens with two attached hydrogens (primary N) is 1. The fourth-order valence-corrected chi connectivity index (χ4v) is 4.47. The zero-order chi connectivity index (χ0) is 21.3. The summed E-state index contributed by atoms with van der Waals surface area (Å²) in [6.07, 6.45) is 8.07. The van der Waals surface area contributed by atoms with Gasteiger partial charge in [-0.15, -0.1) is 0 Å². The Morgan fingerprint density at radius 1 is 1.30 bits per heavy atom. The molecule has 0 saturated heterocycles. The molecule has 9 heteroatoms. The molecular formula is C21H15N5O3S. The molecule has 2 N–H and O–H groups in total. The topological polar surface area (TPSA) is 124 Å².